The second kappa shape index (κ2) is 9.42. The molecule has 5 heteroatoms. The van der Waals surface area contributed by atoms with Gasteiger partial charge >= 0.3 is 0 Å². The summed E-state index contributed by atoms with van der Waals surface area (Å²) in [6.07, 6.45) is 0. The van der Waals surface area contributed by atoms with Gasteiger partial charge in [0.25, 0.3) is 0 Å². The summed E-state index contributed by atoms with van der Waals surface area (Å²) in [5.74, 6) is 0.415. The summed E-state index contributed by atoms with van der Waals surface area (Å²) in [7, 11) is 1.69. The number of benzene rings is 2. The Balaban J connectivity index is 0.00000242. The third kappa shape index (κ3) is 6.03. The highest BCUT2D eigenvalue weighted by Gasteiger charge is 1.98. The van der Waals surface area contributed by atoms with Crippen molar-refractivity contribution in [3.05, 3.63) is 65.2 Å². The predicted octanol–water partition coefficient (Wildman–Crippen LogP) is 3.69. The Morgan fingerprint density at radius 1 is 1.14 bits per heavy atom. The van der Waals surface area contributed by atoms with Gasteiger partial charge in [-0.2, -0.15) is 0 Å². The van der Waals surface area contributed by atoms with Crippen LogP contribution in [0.2, 0.25) is 0 Å². The van der Waals surface area contributed by atoms with Crippen LogP contribution in [0.15, 0.2) is 53.5 Å². The van der Waals surface area contributed by atoms with Crippen LogP contribution in [0.4, 0.5) is 5.69 Å². The van der Waals surface area contributed by atoms with Crippen LogP contribution in [0, 0.1) is 6.92 Å². The number of hydrogen-bond acceptors (Lipinski definition) is 2. The number of halogens is 1. The second-order valence-electron chi connectivity index (χ2n) is 4.95. The highest BCUT2D eigenvalue weighted by molar-refractivity contribution is 14.0. The van der Waals surface area contributed by atoms with Gasteiger partial charge in [0.2, 0.25) is 0 Å². The zero-order chi connectivity index (χ0) is 15.1. The van der Waals surface area contributed by atoms with Crippen LogP contribution in [0.5, 0.6) is 0 Å². The average molecular weight is 411 g/mol. The van der Waals surface area contributed by atoms with Crippen molar-refractivity contribution >= 4 is 35.6 Å². The van der Waals surface area contributed by atoms with Crippen LogP contribution in [0.3, 0.4) is 0 Å². The van der Waals surface area contributed by atoms with Gasteiger partial charge in [0.05, 0.1) is 13.2 Å². The number of rotatable bonds is 5. The van der Waals surface area contributed by atoms with Crippen LogP contribution in [-0.4, -0.2) is 13.1 Å². The first-order chi connectivity index (χ1) is 10.2. The number of anilines is 1. The number of aliphatic imine (C=N–C) groups is 1. The molecule has 0 saturated heterocycles. The Labute approximate surface area is 148 Å². The molecule has 0 amide bonds. The number of methoxy groups -OCH3 is 1. The Kier molecular flexibility index (Phi) is 7.90. The first kappa shape index (κ1) is 18.4. The third-order valence-electron chi connectivity index (χ3n) is 3.02. The molecule has 2 rings (SSSR count). The molecule has 0 radical (unpaired) electrons. The Morgan fingerprint density at radius 3 is 2.59 bits per heavy atom. The number of nitrogens with one attached hydrogen (secondary N) is 1. The van der Waals surface area contributed by atoms with Crippen molar-refractivity contribution in [2.75, 3.05) is 12.4 Å². The Hall–Kier alpha value is -1.60. The topological polar surface area (TPSA) is 59.6 Å². The molecule has 4 nitrogen and oxygen atoms in total. The van der Waals surface area contributed by atoms with Crippen molar-refractivity contribution in [3.63, 3.8) is 0 Å². The fourth-order valence-corrected chi connectivity index (χ4v) is 2.07. The zero-order valence-corrected chi connectivity index (χ0v) is 15.2. The van der Waals surface area contributed by atoms with Crippen molar-refractivity contribution in [1.29, 1.82) is 0 Å². The van der Waals surface area contributed by atoms with Gasteiger partial charge in [0.1, 0.15) is 0 Å². The molecule has 3 N–H and O–H groups in total. The number of guanidine groups is 1. The van der Waals surface area contributed by atoms with Gasteiger partial charge in [0.15, 0.2) is 5.96 Å². The molecular formula is C17H22IN3O. The van der Waals surface area contributed by atoms with E-state index in [0.29, 0.717) is 19.1 Å². The van der Waals surface area contributed by atoms with Gasteiger partial charge in [-0.1, -0.05) is 36.4 Å². The summed E-state index contributed by atoms with van der Waals surface area (Å²) in [6, 6.07) is 16.2. The van der Waals surface area contributed by atoms with E-state index in [0.717, 1.165) is 16.8 Å². The van der Waals surface area contributed by atoms with E-state index >= 15 is 0 Å². The highest BCUT2D eigenvalue weighted by atomic mass is 127. The van der Waals surface area contributed by atoms with Gasteiger partial charge in [-0.15, -0.1) is 24.0 Å². The monoisotopic (exact) mass is 411 g/mol. The Bertz CT molecular complexity index is 629. The van der Waals surface area contributed by atoms with Crippen LogP contribution >= 0.6 is 24.0 Å². The van der Waals surface area contributed by atoms with E-state index in [1.807, 2.05) is 49.4 Å². The quantitative estimate of drug-likeness (QED) is 0.448. The van der Waals surface area contributed by atoms with Gasteiger partial charge in [-0.3, -0.25) is 0 Å². The molecule has 0 aliphatic heterocycles. The molecule has 0 atom stereocenters. The smallest absolute Gasteiger partial charge is 0.193 e. The number of hydrogen-bond donors (Lipinski definition) is 2. The van der Waals surface area contributed by atoms with Crippen LogP contribution in [-0.2, 0) is 17.9 Å². The van der Waals surface area contributed by atoms with Gasteiger partial charge < -0.3 is 15.8 Å². The molecule has 118 valence electrons. The minimum Gasteiger partial charge on any atom is -0.380 e. The lowest BCUT2D eigenvalue weighted by Crippen LogP contribution is -2.22. The minimum absolute atomic E-state index is 0. The molecule has 0 unspecified atom stereocenters. The standard InChI is InChI=1S/C17H21N3O.HI/c1-13-5-3-8-16(9-13)20-17(18)19-11-14-6-4-7-15(10-14)12-21-2;/h3-10H,11-12H2,1-2H3,(H3,18,19,20);1H. The number of ether oxygens (including phenoxy) is 1. The molecule has 0 aliphatic carbocycles. The average Bonchev–Trinajstić information content (AvgIpc) is 2.46. The van der Waals surface area contributed by atoms with Crippen LogP contribution < -0.4 is 11.1 Å². The number of nitrogens with two attached hydrogens (primary N) is 1. The van der Waals surface area contributed by atoms with E-state index in [2.05, 4.69) is 16.4 Å². The van der Waals surface area contributed by atoms with Crippen molar-refractivity contribution in [2.45, 2.75) is 20.1 Å². The lowest BCUT2D eigenvalue weighted by atomic mass is 10.1. The van der Waals surface area contributed by atoms with Gasteiger partial charge in [0, 0.05) is 12.8 Å². The summed E-state index contributed by atoms with van der Waals surface area (Å²) in [5.41, 5.74) is 10.3. The van der Waals surface area contributed by atoms with Crippen molar-refractivity contribution < 1.29 is 4.74 Å². The maximum Gasteiger partial charge on any atom is 0.193 e. The maximum absolute atomic E-state index is 5.91. The molecule has 0 fully saturated rings. The molecular weight excluding hydrogens is 389 g/mol. The summed E-state index contributed by atoms with van der Waals surface area (Å²) >= 11 is 0. The SMILES string of the molecule is COCc1cccc(CN=C(N)Nc2cccc(C)c2)c1.I. The van der Waals surface area contributed by atoms with E-state index in [4.69, 9.17) is 10.5 Å². The molecule has 0 bridgehead atoms. The normalized spacial score (nSPS) is 10.9. The lowest BCUT2D eigenvalue weighted by molar-refractivity contribution is 0.185. The van der Waals surface area contributed by atoms with Crippen LogP contribution in [0.1, 0.15) is 16.7 Å². The highest BCUT2D eigenvalue weighted by Crippen LogP contribution is 2.10. The minimum atomic E-state index is 0. The van der Waals surface area contributed by atoms with E-state index in [1.54, 1.807) is 7.11 Å². The molecule has 0 aliphatic rings. The number of aryl methyl sites for hydroxylation is 1. The predicted molar refractivity (Wildman–Crippen MR) is 103 cm³/mol. The first-order valence-electron chi connectivity index (χ1n) is 6.88. The molecule has 0 spiro atoms. The lowest BCUT2D eigenvalue weighted by Gasteiger charge is -2.07. The molecule has 2 aromatic carbocycles. The van der Waals surface area contributed by atoms with Crippen molar-refractivity contribution in [2.24, 2.45) is 10.7 Å². The molecule has 0 heterocycles. The summed E-state index contributed by atoms with van der Waals surface area (Å²) in [6.45, 7) is 3.19. The van der Waals surface area contributed by atoms with Gasteiger partial charge in [-0.05, 0) is 35.7 Å². The zero-order valence-electron chi connectivity index (χ0n) is 12.9. The second-order valence-corrected chi connectivity index (χ2v) is 4.95. The molecule has 0 aromatic heterocycles. The molecule has 2 aromatic rings. The van der Waals surface area contributed by atoms with Gasteiger partial charge in [-0.25, -0.2) is 4.99 Å². The van der Waals surface area contributed by atoms with Crippen molar-refractivity contribution in [1.82, 2.24) is 0 Å². The number of nitrogens with zero attached hydrogens (tertiary/aromatic N) is 1. The van der Waals surface area contributed by atoms with Crippen molar-refractivity contribution in [3.8, 4) is 0 Å². The van der Waals surface area contributed by atoms with E-state index in [-0.39, 0.29) is 24.0 Å². The fraction of sp³-hybridized carbons (Fsp3) is 0.235. The Morgan fingerprint density at radius 2 is 1.86 bits per heavy atom. The summed E-state index contributed by atoms with van der Waals surface area (Å²) < 4.78 is 5.13. The molecule has 0 saturated carbocycles. The largest absolute Gasteiger partial charge is 0.380 e. The molecule has 22 heavy (non-hydrogen) atoms. The van der Waals surface area contributed by atoms with E-state index in [1.165, 1.54) is 5.56 Å². The van der Waals surface area contributed by atoms with E-state index < -0.39 is 0 Å². The maximum atomic E-state index is 5.91. The van der Waals surface area contributed by atoms with E-state index in [9.17, 15) is 0 Å². The summed E-state index contributed by atoms with van der Waals surface area (Å²) in [4.78, 5) is 4.36. The first-order valence-corrected chi connectivity index (χ1v) is 6.88. The third-order valence-corrected chi connectivity index (χ3v) is 3.02. The summed E-state index contributed by atoms with van der Waals surface area (Å²) in [5, 5.41) is 3.10. The fourth-order valence-electron chi connectivity index (χ4n) is 2.07. The van der Waals surface area contributed by atoms with Crippen LogP contribution in [0.25, 0.3) is 0 Å².